The van der Waals surface area contributed by atoms with Crippen LogP contribution in [0.5, 0.6) is 0 Å². The van der Waals surface area contributed by atoms with E-state index in [4.69, 9.17) is 11.5 Å². The number of nitrogens with one attached hydrogen (secondary N) is 1. The maximum absolute atomic E-state index is 14.3. The molecular formula is C20H17F4N3O2S. The van der Waals surface area contributed by atoms with Crippen molar-refractivity contribution in [2.75, 3.05) is 5.73 Å². The molecule has 0 saturated carbocycles. The van der Waals surface area contributed by atoms with Crippen molar-refractivity contribution in [2.45, 2.75) is 17.0 Å². The summed E-state index contributed by atoms with van der Waals surface area (Å²) in [5.74, 6) is -8.62. The van der Waals surface area contributed by atoms with Crippen LogP contribution in [0.2, 0.25) is 0 Å². The van der Waals surface area contributed by atoms with Gasteiger partial charge in [-0.2, -0.15) is 0 Å². The Bertz CT molecular complexity index is 1130. The molecule has 5 N–H and O–H groups in total. The molecule has 0 bridgehead atoms. The molecule has 5 nitrogen and oxygen atoms in total. The molecule has 0 spiro atoms. The maximum atomic E-state index is 14.3. The summed E-state index contributed by atoms with van der Waals surface area (Å²) >= 11 is 0. The molecule has 2 atom stereocenters. The lowest BCUT2D eigenvalue weighted by atomic mass is 9.95. The van der Waals surface area contributed by atoms with Crippen molar-refractivity contribution in [1.29, 1.82) is 0 Å². The molecule has 0 aromatic heterocycles. The Balaban J connectivity index is 2.12. The van der Waals surface area contributed by atoms with Crippen LogP contribution in [0.25, 0.3) is 0 Å². The molecule has 0 unspecified atom stereocenters. The van der Waals surface area contributed by atoms with Gasteiger partial charge in [-0.1, -0.05) is 60.7 Å². The molecule has 0 saturated heterocycles. The van der Waals surface area contributed by atoms with Gasteiger partial charge in [0.15, 0.2) is 23.3 Å². The molecule has 0 aliphatic carbocycles. The predicted molar refractivity (Wildman–Crippen MR) is 104 cm³/mol. The van der Waals surface area contributed by atoms with Crippen LogP contribution in [0.1, 0.15) is 23.2 Å². The van der Waals surface area contributed by atoms with Gasteiger partial charge in [-0.25, -0.2) is 30.7 Å². The van der Waals surface area contributed by atoms with Crippen molar-refractivity contribution < 1.29 is 26.0 Å². The highest BCUT2D eigenvalue weighted by molar-refractivity contribution is 7.89. The van der Waals surface area contributed by atoms with Gasteiger partial charge >= 0.3 is 0 Å². The molecule has 0 heterocycles. The van der Waals surface area contributed by atoms with Crippen LogP contribution in [0.4, 0.5) is 23.2 Å². The number of hydrogen-bond acceptors (Lipinski definition) is 4. The van der Waals surface area contributed by atoms with E-state index >= 15 is 0 Å². The fourth-order valence-corrected chi connectivity index (χ4v) is 4.43. The first-order valence-electron chi connectivity index (χ1n) is 8.64. The highest BCUT2D eigenvalue weighted by Gasteiger charge is 2.35. The molecule has 10 heteroatoms. The molecule has 3 aromatic carbocycles. The van der Waals surface area contributed by atoms with E-state index in [1.165, 1.54) is 0 Å². The van der Waals surface area contributed by atoms with Crippen molar-refractivity contribution in [3.05, 3.63) is 95.1 Å². The first-order valence-corrected chi connectivity index (χ1v) is 10.1. The molecule has 0 aliphatic rings. The average molecular weight is 439 g/mol. The second-order valence-corrected chi connectivity index (χ2v) is 8.10. The predicted octanol–water partition coefficient (Wildman–Crippen LogP) is 3.54. The average Bonchev–Trinajstić information content (AvgIpc) is 2.75. The first kappa shape index (κ1) is 21.8. The number of nitrogens with two attached hydrogens (primary N) is 2. The summed E-state index contributed by atoms with van der Waals surface area (Å²) < 4.78 is 83.0. The smallest absolute Gasteiger partial charge is 0.246 e. The number of hydrogen-bond donors (Lipinski definition) is 3. The number of benzene rings is 3. The van der Waals surface area contributed by atoms with Crippen LogP contribution in [0, 0.1) is 23.3 Å². The third-order valence-electron chi connectivity index (χ3n) is 4.51. The number of nitrogen functional groups attached to an aromatic ring is 1. The lowest BCUT2D eigenvalue weighted by Gasteiger charge is -2.26. The molecule has 0 aliphatic heterocycles. The van der Waals surface area contributed by atoms with Crippen molar-refractivity contribution in [3.8, 4) is 0 Å². The van der Waals surface area contributed by atoms with E-state index in [2.05, 4.69) is 4.72 Å². The summed E-state index contributed by atoms with van der Waals surface area (Å²) in [6.45, 7) is 0. The van der Waals surface area contributed by atoms with E-state index < -0.39 is 56.0 Å². The summed E-state index contributed by atoms with van der Waals surface area (Å²) in [5, 5.41) is 0. The van der Waals surface area contributed by atoms with Gasteiger partial charge in [-0.15, -0.1) is 0 Å². The van der Waals surface area contributed by atoms with Crippen LogP contribution in [0.15, 0.2) is 65.6 Å². The van der Waals surface area contributed by atoms with Gasteiger partial charge in [-0.05, 0) is 11.1 Å². The second-order valence-electron chi connectivity index (χ2n) is 6.44. The Morgan fingerprint density at radius 3 is 1.73 bits per heavy atom. The standard InChI is InChI=1S/C20H17F4N3O2S/c21-13-14(22)16(24)20(18(26)15(13)23)30(28,29)27-19(12-9-5-2-6-10-12)17(25)11-7-3-1-4-8-11/h1-10,17,19,27H,25-26H2/t17-,19-/m0/s1. The molecule has 30 heavy (non-hydrogen) atoms. The minimum atomic E-state index is -4.96. The van der Waals surface area contributed by atoms with Crippen LogP contribution < -0.4 is 16.2 Å². The lowest BCUT2D eigenvalue weighted by Crippen LogP contribution is -2.37. The zero-order valence-corrected chi connectivity index (χ0v) is 16.1. The summed E-state index contributed by atoms with van der Waals surface area (Å²) in [4.78, 5) is -1.53. The Kier molecular flexibility index (Phi) is 6.11. The molecular weight excluding hydrogens is 422 g/mol. The molecule has 158 valence electrons. The minimum Gasteiger partial charge on any atom is -0.395 e. The molecule has 0 radical (unpaired) electrons. The Hall–Kier alpha value is -2.95. The number of rotatable bonds is 6. The lowest BCUT2D eigenvalue weighted by molar-refractivity contribution is 0.398. The van der Waals surface area contributed by atoms with E-state index in [-0.39, 0.29) is 0 Å². The van der Waals surface area contributed by atoms with Crippen molar-refractivity contribution in [2.24, 2.45) is 5.73 Å². The quantitative estimate of drug-likeness (QED) is 0.237. The van der Waals surface area contributed by atoms with E-state index in [9.17, 15) is 26.0 Å². The molecule has 3 rings (SSSR count). The van der Waals surface area contributed by atoms with Crippen LogP contribution in [-0.4, -0.2) is 8.42 Å². The SMILES string of the molecule is Nc1c(F)c(F)c(F)c(F)c1S(=O)(=O)N[C@@H](c1ccccc1)[C@@H](N)c1ccccc1. The Labute approximate surface area is 170 Å². The van der Waals surface area contributed by atoms with Gasteiger partial charge in [0.2, 0.25) is 10.0 Å². The van der Waals surface area contributed by atoms with E-state index in [1.54, 1.807) is 60.7 Å². The van der Waals surface area contributed by atoms with Crippen LogP contribution in [-0.2, 0) is 10.0 Å². The molecule has 3 aromatic rings. The van der Waals surface area contributed by atoms with Crippen molar-refractivity contribution >= 4 is 15.7 Å². The largest absolute Gasteiger partial charge is 0.395 e. The highest BCUT2D eigenvalue weighted by Crippen LogP contribution is 2.33. The van der Waals surface area contributed by atoms with Gasteiger partial charge in [0.05, 0.1) is 17.8 Å². The van der Waals surface area contributed by atoms with Gasteiger partial charge in [0.25, 0.3) is 0 Å². The second kappa shape index (κ2) is 8.42. The first-order chi connectivity index (χ1) is 14.1. The summed E-state index contributed by atoms with van der Waals surface area (Å²) in [6.07, 6.45) is 0. The topological polar surface area (TPSA) is 98.2 Å². The van der Waals surface area contributed by atoms with Gasteiger partial charge in [-0.3, -0.25) is 0 Å². The number of halogens is 4. The zero-order valence-electron chi connectivity index (χ0n) is 15.3. The monoisotopic (exact) mass is 439 g/mol. The van der Waals surface area contributed by atoms with Crippen molar-refractivity contribution in [3.63, 3.8) is 0 Å². The van der Waals surface area contributed by atoms with E-state index in [0.717, 1.165) is 0 Å². The van der Waals surface area contributed by atoms with E-state index in [0.29, 0.717) is 11.1 Å². The fraction of sp³-hybridized carbons (Fsp3) is 0.100. The van der Waals surface area contributed by atoms with Gasteiger partial charge in [0.1, 0.15) is 4.90 Å². The zero-order chi connectivity index (χ0) is 22.1. The van der Waals surface area contributed by atoms with Gasteiger partial charge in [0, 0.05) is 0 Å². The minimum absolute atomic E-state index is 0.402. The fourth-order valence-electron chi connectivity index (χ4n) is 2.99. The third-order valence-corrected chi connectivity index (χ3v) is 6.01. The Morgan fingerprint density at radius 2 is 1.20 bits per heavy atom. The van der Waals surface area contributed by atoms with Crippen molar-refractivity contribution in [1.82, 2.24) is 4.72 Å². The maximum Gasteiger partial charge on any atom is 0.246 e. The summed E-state index contributed by atoms with van der Waals surface area (Å²) in [5.41, 5.74) is 11.1. The highest BCUT2D eigenvalue weighted by atomic mass is 32.2. The number of anilines is 1. The normalized spacial score (nSPS) is 13.8. The summed E-state index contributed by atoms with van der Waals surface area (Å²) in [7, 11) is -4.96. The summed E-state index contributed by atoms with van der Waals surface area (Å²) in [6, 6.07) is 14.4. The van der Waals surface area contributed by atoms with Gasteiger partial charge < -0.3 is 11.5 Å². The number of sulfonamides is 1. The van der Waals surface area contributed by atoms with E-state index in [1.807, 2.05) is 0 Å². The molecule has 0 amide bonds. The Morgan fingerprint density at radius 1 is 0.733 bits per heavy atom. The van der Waals surface area contributed by atoms with Crippen LogP contribution >= 0.6 is 0 Å². The molecule has 0 fully saturated rings. The third kappa shape index (κ3) is 4.02. The van der Waals surface area contributed by atoms with Crippen LogP contribution in [0.3, 0.4) is 0 Å².